The predicted molar refractivity (Wildman–Crippen MR) is 95.3 cm³/mol. The number of benzene rings is 2. The van der Waals surface area contributed by atoms with Gasteiger partial charge in [-0.15, -0.1) is 0 Å². The van der Waals surface area contributed by atoms with Gasteiger partial charge in [0.15, 0.2) is 18.1 Å². The summed E-state index contributed by atoms with van der Waals surface area (Å²) in [6.45, 7) is -0.217. The first kappa shape index (κ1) is 17.0. The van der Waals surface area contributed by atoms with E-state index in [0.717, 1.165) is 10.0 Å². The van der Waals surface area contributed by atoms with Crippen LogP contribution in [0, 0.1) is 0 Å². The van der Waals surface area contributed by atoms with Gasteiger partial charge in [0.2, 0.25) is 6.79 Å². The van der Waals surface area contributed by atoms with E-state index in [9.17, 15) is 9.59 Å². The van der Waals surface area contributed by atoms with Crippen LogP contribution in [0.2, 0.25) is 0 Å². The molecule has 0 fully saturated rings. The van der Waals surface area contributed by atoms with Crippen molar-refractivity contribution in [1.29, 1.82) is 0 Å². The van der Waals surface area contributed by atoms with Gasteiger partial charge >= 0.3 is 5.97 Å². The first-order valence-electron chi connectivity index (χ1n) is 7.40. The molecule has 0 aromatic heterocycles. The number of carbonyl (C=O) groups is 2. The van der Waals surface area contributed by atoms with E-state index >= 15 is 0 Å². The van der Waals surface area contributed by atoms with Gasteiger partial charge in [0.05, 0.1) is 0 Å². The lowest BCUT2D eigenvalue weighted by atomic mass is 10.2. The molecule has 7 heteroatoms. The quantitative estimate of drug-likeness (QED) is 0.611. The van der Waals surface area contributed by atoms with E-state index in [1.807, 2.05) is 24.3 Å². The van der Waals surface area contributed by atoms with Crippen LogP contribution in [-0.4, -0.2) is 25.3 Å². The third kappa shape index (κ3) is 4.84. The van der Waals surface area contributed by atoms with Crippen molar-refractivity contribution in [2.45, 2.75) is 0 Å². The second-order valence-electron chi connectivity index (χ2n) is 5.11. The summed E-state index contributed by atoms with van der Waals surface area (Å²) >= 11 is 3.35. The van der Waals surface area contributed by atoms with Crippen LogP contribution in [0.3, 0.4) is 0 Å². The fourth-order valence-electron chi connectivity index (χ4n) is 2.13. The van der Waals surface area contributed by atoms with Crippen LogP contribution < -0.4 is 14.8 Å². The molecule has 128 valence electrons. The van der Waals surface area contributed by atoms with Crippen LogP contribution in [0.4, 0.5) is 5.69 Å². The molecule has 3 rings (SSSR count). The fraction of sp³-hybridized carbons (Fsp3) is 0.111. The lowest BCUT2D eigenvalue weighted by molar-refractivity contribution is -0.142. The number of hydrogen-bond acceptors (Lipinski definition) is 5. The first-order valence-corrected chi connectivity index (χ1v) is 8.19. The molecule has 1 aliphatic heterocycles. The molecular weight excluding hydrogens is 390 g/mol. The van der Waals surface area contributed by atoms with Gasteiger partial charge in [-0.05, 0) is 35.9 Å². The molecule has 0 aliphatic carbocycles. The molecule has 0 unspecified atom stereocenters. The standard InChI is InChI=1S/C18H14BrNO5/c19-13-3-1-2-12(8-13)4-7-18(22)23-10-17(21)20-14-5-6-15-16(9-14)25-11-24-15/h1-9H,10-11H2,(H,20,21). The Hall–Kier alpha value is -2.80. The molecule has 1 amide bonds. The highest BCUT2D eigenvalue weighted by molar-refractivity contribution is 9.10. The predicted octanol–water partition coefficient (Wildman–Crippen LogP) is 3.37. The Bertz CT molecular complexity index is 834. The number of fused-ring (bicyclic) bond motifs is 1. The van der Waals surface area contributed by atoms with Crippen molar-refractivity contribution in [3.63, 3.8) is 0 Å². The van der Waals surface area contributed by atoms with Gasteiger partial charge in [-0.25, -0.2) is 4.79 Å². The number of nitrogens with one attached hydrogen (secondary N) is 1. The van der Waals surface area contributed by atoms with E-state index < -0.39 is 11.9 Å². The van der Waals surface area contributed by atoms with Gasteiger partial charge in [-0.1, -0.05) is 28.1 Å². The van der Waals surface area contributed by atoms with Crippen LogP contribution in [0.5, 0.6) is 11.5 Å². The van der Waals surface area contributed by atoms with Crippen molar-refractivity contribution >= 4 is 39.6 Å². The topological polar surface area (TPSA) is 73.9 Å². The van der Waals surface area contributed by atoms with Crippen LogP contribution in [-0.2, 0) is 14.3 Å². The average molecular weight is 404 g/mol. The zero-order valence-electron chi connectivity index (χ0n) is 13.0. The van der Waals surface area contributed by atoms with Crippen LogP contribution in [0.1, 0.15) is 5.56 Å². The van der Waals surface area contributed by atoms with Crippen molar-refractivity contribution in [1.82, 2.24) is 0 Å². The van der Waals surface area contributed by atoms with Gasteiger partial charge in [-0.3, -0.25) is 4.79 Å². The lowest BCUT2D eigenvalue weighted by Gasteiger charge is -2.06. The summed E-state index contributed by atoms with van der Waals surface area (Å²) in [6, 6.07) is 12.5. The molecule has 1 N–H and O–H groups in total. The summed E-state index contributed by atoms with van der Waals surface area (Å²) in [7, 11) is 0. The zero-order chi connectivity index (χ0) is 17.6. The smallest absolute Gasteiger partial charge is 0.331 e. The minimum atomic E-state index is -0.596. The Kier molecular flexibility index (Phi) is 5.35. The molecule has 1 heterocycles. The normalized spacial score (nSPS) is 12.2. The number of carbonyl (C=O) groups excluding carboxylic acids is 2. The molecule has 2 aromatic carbocycles. The molecule has 0 bridgehead atoms. The first-order chi connectivity index (χ1) is 12.1. The maximum absolute atomic E-state index is 11.8. The van der Waals surface area contributed by atoms with Gasteiger partial charge < -0.3 is 19.5 Å². The van der Waals surface area contributed by atoms with Crippen molar-refractivity contribution in [3.05, 3.63) is 58.6 Å². The Balaban J connectivity index is 1.48. The molecule has 0 spiro atoms. The summed E-state index contributed by atoms with van der Waals surface area (Å²) in [5.74, 6) is 0.151. The van der Waals surface area contributed by atoms with Crippen LogP contribution >= 0.6 is 15.9 Å². The summed E-state index contributed by atoms with van der Waals surface area (Å²) in [4.78, 5) is 23.5. The highest BCUT2D eigenvalue weighted by atomic mass is 79.9. The Morgan fingerprint density at radius 2 is 2.00 bits per heavy atom. The van der Waals surface area contributed by atoms with Crippen molar-refractivity contribution < 1.29 is 23.8 Å². The number of amides is 1. The van der Waals surface area contributed by atoms with Crippen LogP contribution in [0.25, 0.3) is 6.08 Å². The van der Waals surface area contributed by atoms with Crippen molar-refractivity contribution in [2.75, 3.05) is 18.7 Å². The Morgan fingerprint density at radius 1 is 1.16 bits per heavy atom. The maximum atomic E-state index is 11.8. The molecule has 0 saturated heterocycles. The fourth-order valence-corrected chi connectivity index (χ4v) is 2.55. The number of hydrogen-bond donors (Lipinski definition) is 1. The summed E-state index contributed by atoms with van der Waals surface area (Å²) < 4.78 is 16.2. The number of rotatable bonds is 5. The van der Waals surface area contributed by atoms with Gasteiger partial charge in [0.25, 0.3) is 5.91 Å². The monoisotopic (exact) mass is 403 g/mol. The van der Waals surface area contributed by atoms with E-state index in [1.54, 1.807) is 24.3 Å². The van der Waals surface area contributed by atoms with E-state index in [0.29, 0.717) is 17.2 Å². The molecular formula is C18H14BrNO5. The minimum Gasteiger partial charge on any atom is -0.454 e. The van der Waals surface area contributed by atoms with Crippen LogP contribution in [0.15, 0.2) is 53.0 Å². The molecule has 0 saturated carbocycles. The molecule has 1 aliphatic rings. The summed E-state index contributed by atoms with van der Waals surface area (Å²) in [5, 5.41) is 2.63. The molecule has 0 atom stereocenters. The molecule has 6 nitrogen and oxygen atoms in total. The third-order valence-electron chi connectivity index (χ3n) is 3.26. The number of anilines is 1. The largest absolute Gasteiger partial charge is 0.454 e. The minimum absolute atomic E-state index is 0.161. The van der Waals surface area contributed by atoms with Gasteiger partial charge in [0, 0.05) is 22.3 Å². The molecule has 2 aromatic rings. The second-order valence-corrected chi connectivity index (χ2v) is 6.03. The Morgan fingerprint density at radius 3 is 2.84 bits per heavy atom. The van der Waals surface area contributed by atoms with E-state index in [4.69, 9.17) is 14.2 Å². The third-order valence-corrected chi connectivity index (χ3v) is 3.76. The molecule has 0 radical (unpaired) electrons. The number of esters is 1. The maximum Gasteiger partial charge on any atom is 0.331 e. The SMILES string of the molecule is O=C(COC(=O)C=Cc1cccc(Br)c1)Nc1ccc2c(c1)OCO2. The highest BCUT2D eigenvalue weighted by Crippen LogP contribution is 2.34. The number of ether oxygens (including phenoxy) is 3. The van der Waals surface area contributed by atoms with E-state index in [1.165, 1.54) is 6.08 Å². The van der Waals surface area contributed by atoms with Gasteiger partial charge in [-0.2, -0.15) is 0 Å². The Labute approximate surface area is 152 Å². The summed E-state index contributed by atoms with van der Waals surface area (Å²) in [5.41, 5.74) is 1.38. The summed E-state index contributed by atoms with van der Waals surface area (Å²) in [6.07, 6.45) is 2.89. The highest BCUT2D eigenvalue weighted by Gasteiger charge is 2.14. The molecule has 25 heavy (non-hydrogen) atoms. The van der Waals surface area contributed by atoms with Crippen molar-refractivity contribution in [3.8, 4) is 11.5 Å². The van der Waals surface area contributed by atoms with E-state index in [2.05, 4.69) is 21.2 Å². The van der Waals surface area contributed by atoms with E-state index in [-0.39, 0.29) is 13.4 Å². The second kappa shape index (κ2) is 7.85. The number of halogens is 1. The van der Waals surface area contributed by atoms with Crippen molar-refractivity contribution in [2.24, 2.45) is 0 Å². The lowest BCUT2D eigenvalue weighted by Crippen LogP contribution is -2.20. The average Bonchev–Trinajstić information content (AvgIpc) is 3.06. The zero-order valence-corrected chi connectivity index (χ0v) is 14.6. The van der Waals surface area contributed by atoms with Gasteiger partial charge in [0.1, 0.15) is 0 Å².